The van der Waals surface area contributed by atoms with Gasteiger partial charge in [0.15, 0.2) is 5.82 Å². The van der Waals surface area contributed by atoms with Crippen molar-refractivity contribution < 1.29 is 14.3 Å². The van der Waals surface area contributed by atoms with Gasteiger partial charge in [-0.05, 0) is 38.7 Å². The normalized spacial score (nSPS) is 13.3. The number of aromatic nitrogens is 4. The molecule has 9 nitrogen and oxygen atoms in total. The predicted octanol–water partition coefficient (Wildman–Crippen LogP) is 3.47. The Bertz CT molecular complexity index is 1110. The van der Waals surface area contributed by atoms with Crippen LogP contribution in [0.4, 0.5) is 11.5 Å². The number of methoxy groups -OCH3 is 2. The highest BCUT2D eigenvalue weighted by Gasteiger charge is 2.18. The summed E-state index contributed by atoms with van der Waals surface area (Å²) in [4.78, 5) is 23.8. The third kappa shape index (κ3) is 5.08. The van der Waals surface area contributed by atoms with Crippen LogP contribution in [0.2, 0.25) is 0 Å². The van der Waals surface area contributed by atoms with Crippen molar-refractivity contribution in [3.05, 3.63) is 47.5 Å². The molecule has 0 spiro atoms. The first-order valence-corrected chi connectivity index (χ1v) is 11.1. The average molecular weight is 451 g/mol. The lowest BCUT2D eigenvalue weighted by molar-refractivity contribution is -0.116. The summed E-state index contributed by atoms with van der Waals surface area (Å²) >= 11 is 0. The van der Waals surface area contributed by atoms with Gasteiger partial charge in [-0.1, -0.05) is 0 Å². The Kier molecular flexibility index (Phi) is 6.76. The zero-order valence-corrected chi connectivity index (χ0v) is 19.6. The molecule has 3 aromatic rings. The Morgan fingerprint density at radius 1 is 1.00 bits per heavy atom. The topological polar surface area (TPSA) is 94.4 Å². The van der Waals surface area contributed by atoms with E-state index in [2.05, 4.69) is 20.2 Å². The average Bonchev–Trinajstić information content (AvgIpc) is 3.46. The molecule has 0 aliphatic carbocycles. The summed E-state index contributed by atoms with van der Waals surface area (Å²) in [6.45, 7) is 6.02. The monoisotopic (exact) mass is 450 g/mol. The van der Waals surface area contributed by atoms with E-state index in [-0.39, 0.29) is 5.91 Å². The Labute approximate surface area is 193 Å². The summed E-state index contributed by atoms with van der Waals surface area (Å²) in [5.41, 5.74) is 3.56. The first-order valence-electron chi connectivity index (χ1n) is 11.1. The molecular weight excluding hydrogens is 420 g/mol. The maximum Gasteiger partial charge on any atom is 0.224 e. The number of amides is 1. The Hall–Kier alpha value is -3.62. The van der Waals surface area contributed by atoms with Crippen molar-refractivity contribution in [3.8, 4) is 17.3 Å². The van der Waals surface area contributed by atoms with Crippen molar-refractivity contribution in [1.29, 1.82) is 0 Å². The molecule has 4 rings (SSSR count). The molecular formula is C24H30N6O3. The van der Waals surface area contributed by atoms with Gasteiger partial charge in [-0.2, -0.15) is 5.10 Å². The predicted molar refractivity (Wildman–Crippen MR) is 127 cm³/mol. The van der Waals surface area contributed by atoms with Crippen LogP contribution in [0.3, 0.4) is 0 Å². The number of nitrogens with zero attached hydrogens (tertiary/aromatic N) is 5. The molecule has 1 fully saturated rings. The zero-order valence-electron chi connectivity index (χ0n) is 19.6. The van der Waals surface area contributed by atoms with Crippen molar-refractivity contribution in [2.24, 2.45) is 0 Å². The quantitative estimate of drug-likeness (QED) is 0.562. The van der Waals surface area contributed by atoms with Gasteiger partial charge in [-0.3, -0.25) is 4.79 Å². The van der Waals surface area contributed by atoms with Crippen LogP contribution in [0.1, 0.15) is 36.2 Å². The third-order valence-electron chi connectivity index (χ3n) is 5.96. The Balaban J connectivity index is 1.46. The van der Waals surface area contributed by atoms with Gasteiger partial charge in [0, 0.05) is 55.2 Å². The van der Waals surface area contributed by atoms with Crippen molar-refractivity contribution in [1.82, 2.24) is 19.7 Å². The summed E-state index contributed by atoms with van der Waals surface area (Å²) in [5.74, 6) is 2.83. The molecule has 1 aliphatic heterocycles. The van der Waals surface area contributed by atoms with E-state index in [9.17, 15) is 4.79 Å². The van der Waals surface area contributed by atoms with E-state index in [1.165, 1.54) is 12.8 Å². The number of aryl methyl sites for hydroxylation is 1. The van der Waals surface area contributed by atoms with Crippen LogP contribution in [0.5, 0.6) is 11.5 Å². The molecule has 2 aromatic heterocycles. The first kappa shape index (κ1) is 22.6. The van der Waals surface area contributed by atoms with Gasteiger partial charge in [0.25, 0.3) is 0 Å². The fraction of sp³-hybridized carbons (Fsp3) is 0.417. The lowest BCUT2D eigenvalue weighted by Gasteiger charge is -2.16. The van der Waals surface area contributed by atoms with Crippen molar-refractivity contribution in [2.75, 3.05) is 37.5 Å². The third-order valence-corrected chi connectivity index (χ3v) is 5.96. The van der Waals surface area contributed by atoms with Crippen molar-refractivity contribution in [3.63, 3.8) is 0 Å². The zero-order chi connectivity index (χ0) is 23.4. The van der Waals surface area contributed by atoms with E-state index in [0.29, 0.717) is 30.0 Å². The summed E-state index contributed by atoms with van der Waals surface area (Å²) in [6.07, 6.45) is 4.88. The minimum absolute atomic E-state index is 0.0878. The van der Waals surface area contributed by atoms with Gasteiger partial charge < -0.3 is 19.7 Å². The summed E-state index contributed by atoms with van der Waals surface area (Å²) in [5, 5.41) is 7.62. The van der Waals surface area contributed by atoms with E-state index < -0.39 is 0 Å². The first-order chi connectivity index (χ1) is 16.0. The maximum atomic E-state index is 12.6. The Morgan fingerprint density at radius 2 is 1.67 bits per heavy atom. The van der Waals surface area contributed by atoms with Gasteiger partial charge >= 0.3 is 0 Å². The van der Waals surface area contributed by atoms with Crippen LogP contribution in [-0.4, -0.2) is 53.0 Å². The van der Waals surface area contributed by atoms with Gasteiger partial charge in [-0.25, -0.2) is 14.6 Å². The number of benzene rings is 1. The number of carbonyl (C=O) groups is 1. The van der Waals surface area contributed by atoms with E-state index in [0.717, 1.165) is 41.7 Å². The number of ether oxygens (including phenoxy) is 2. The lowest BCUT2D eigenvalue weighted by atomic mass is 10.1. The number of anilines is 2. The largest absolute Gasteiger partial charge is 0.497 e. The number of nitrogens with one attached hydrogen (secondary N) is 1. The second-order valence-corrected chi connectivity index (χ2v) is 8.14. The van der Waals surface area contributed by atoms with Gasteiger partial charge in [0.05, 0.1) is 19.9 Å². The molecule has 1 N–H and O–H groups in total. The molecule has 1 amide bonds. The number of carbonyl (C=O) groups excluding carboxylic acids is 1. The summed E-state index contributed by atoms with van der Waals surface area (Å²) in [6, 6.07) is 7.28. The van der Waals surface area contributed by atoms with Gasteiger partial charge in [0.2, 0.25) is 5.91 Å². The minimum Gasteiger partial charge on any atom is -0.497 e. The second kappa shape index (κ2) is 9.89. The highest BCUT2D eigenvalue weighted by atomic mass is 16.5. The molecule has 9 heteroatoms. The van der Waals surface area contributed by atoms with Crippen molar-refractivity contribution >= 4 is 17.4 Å². The van der Waals surface area contributed by atoms with Crippen molar-refractivity contribution in [2.45, 2.75) is 39.5 Å². The van der Waals surface area contributed by atoms with E-state index in [4.69, 9.17) is 14.6 Å². The fourth-order valence-corrected chi connectivity index (χ4v) is 4.17. The van der Waals surface area contributed by atoms with E-state index >= 15 is 0 Å². The Morgan fingerprint density at radius 3 is 2.33 bits per heavy atom. The molecule has 0 saturated carbocycles. The minimum atomic E-state index is -0.0878. The molecule has 0 bridgehead atoms. The summed E-state index contributed by atoms with van der Waals surface area (Å²) in [7, 11) is 3.16. The lowest BCUT2D eigenvalue weighted by Crippen LogP contribution is -2.19. The van der Waals surface area contributed by atoms with Crippen LogP contribution in [0.25, 0.3) is 5.82 Å². The molecule has 1 saturated heterocycles. The van der Waals surface area contributed by atoms with Crippen LogP contribution in [-0.2, 0) is 11.2 Å². The van der Waals surface area contributed by atoms with Crippen LogP contribution in [0.15, 0.2) is 30.6 Å². The number of hydrogen-bond donors (Lipinski definition) is 1. The molecule has 0 atom stereocenters. The molecule has 174 valence electrons. The molecule has 3 heterocycles. The van der Waals surface area contributed by atoms with Gasteiger partial charge in [-0.15, -0.1) is 0 Å². The van der Waals surface area contributed by atoms with E-state index in [1.54, 1.807) is 38.7 Å². The smallest absolute Gasteiger partial charge is 0.224 e. The second-order valence-electron chi connectivity index (χ2n) is 8.14. The highest BCUT2D eigenvalue weighted by Crippen LogP contribution is 2.26. The SMILES string of the molecule is COc1cc(NC(=O)CCc2c(C)nn(-c3cc(N4CCCC4)ncn3)c2C)cc(OC)c1. The molecule has 0 unspecified atom stereocenters. The highest BCUT2D eigenvalue weighted by molar-refractivity contribution is 5.91. The summed E-state index contributed by atoms with van der Waals surface area (Å²) < 4.78 is 12.4. The fourth-order valence-electron chi connectivity index (χ4n) is 4.17. The van der Waals surface area contributed by atoms with E-state index in [1.807, 2.05) is 24.6 Å². The standard InChI is InChI=1S/C24H30N6O3/c1-16-21(7-8-24(31)27-18-11-19(32-3)13-20(12-18)33-4)17(2)30(28-16)23-14-22(25-15-26-23)29-9-5-6-10-29/h11-15H,5-10H2,1-4H3,(H,27,31). The van der Waals surface area contributed by atoms with Gasteiger partial charge in [0.1, 0.15) is 23.6 Å². The van der Waals surface area contributed by atoms with Crippen LogP contribution >= 0.6 is 0 Å². The van der Waals surface area contributed by atoms with Crippen LogP contribution < -0.4 is 19.7 Å². The number of rotatable bonds is 8. The number of hydrogen-bond acceptors (Lipinski definition) is 7. The molecule has 0 radical (unpaired) electrons. The molecule has 33 heavy (non-hydrogen) atoms. The molecule has 1 aromatic carbocycles. The molecule has 1 aliphatic rings. The van der Waals surface area contributed by atoms with Crippen LogP contribution in [0, 0.1) is 13.8 Å². The maximum absolute atomic E-state index is 12.6.